The largest absolute Gasteiger partial charge is 0.508 e. The number of aryl methyl sites for hydroxylation is 1. The van der Waals surface area contributed by atoms with E-state index in [-0.39, 0.29) is 35.5 Å². The summed E-state index contributed by atoms with van der Waals surface area (Å²) in [6, 6.07) is 12.2. The molecule has 0 spiro atoms. The Morgan fingerprint density at radius 2 is 1.75 bits per heavy atom. The number of nitrogens with zero attached hydrogens (tertiary/aromatic N) is 1. The second-order valence-corrected chi connectivity index (χ2v) is 5.30. The number of guanidine groups is 1. The number of benzene rings is 2. The van der Waals surface area contributed by atoms with Crippen molar-refractivity contribution in [1.29, 1.82) is 0 Å². The highest BCUT2D eigenvalue weighted by atomic mass is 127. The lowest BCUT2D eigenvalue weighted by atomic mass is 10.1. The van der Waals surface area contributed by atoms with Gasteiger partial charge in [-0.15, -0.1) is 24.0 Å². The summed E-state index contributed by atoms with van der Waals surface area (Å²) < 4.78 is 13.6. The standard InChI is InChI=1S/C18H22FN3O.HI/c1-3-20-18(21-11-14-6-8-16(23)9-7-14)22-12-15-5-4-13(2)17(19)10-15;/h4-10,23H,3,11-12H2,1-2H3,(H2,20,21,22);1H. The number of aliphatic imine (C=N–C) groups is 1. The summed E-state index contributed by atoms with van der Waals surface area (Å²) >= 11 is 0. The summed E-state index contributed by atoms with van der Waals surface area (Å²) in [5.41, 5.74) is 2.50. The van der Waals surface area contributed by atoms with Crippen LogP contribution in [0, 0.1) is 12.7 Å². The molecule has 0 unspecified atom stereocenters. The van der Waals surface area contributed by atoms with Crippen LogP contribution in [0.5, 0.6) is 5.75 Å². The van der Waals surface area contributed by atoms with Gasteiger partial charge in [0.2, 0.25) is 0 Å². The first kappa shape index (κ1) is 20.2. The molecular formula is C18H23FIN3O. The van der Waals surface area contributed by atoms with E-state index in [1.54, 1.807) is 25.1 Å². The lowest BCUT2D eigenvalue weighted by molar-refractivity contribution is 0.475. The molecule has 2 aromatic rings. The van der Waals surface area contributed by atoms with Crippen molar-refractivity contribution in [3.8, 4) is 5.75 Å². The number of halogens is 2. The predicted octanol–water partition coefficient (Wildman–Crippen LogP) is 3.71. The Morgan fingerprint density at radius 3 is 2.38 bits per heavy atom. The zero-order valence-corrected chi connectivity index (χ0v) is 16.2. The van der Waals surface area contributed by atoms with Crippen LogP contribution in [-0.2, 0) is 13.1 Å². The van der Waals surface area contributed by atoms with Gasteiger partial charge in [0, 0.05) is 13.1 Å². The molecule has 0 aliphatic heterocycles. The van der Waals surface area contributed by atoms with Crippen molar-refractivity contribution in [2.75, 3.05) is 6.54 Å². The maximum Gasteiger partial charge on any atom is 0.191 e. The number of nitrogens with one attached hydrogen (secondary N) is 2. The van der Waals surface area contributed by atoms with Gasteiger partial charge in [0.25, 0.3) is 0 Å². The third-order valence-corrected chi connectivity index (χ3v) is 3.40. The van der Waals surface area contributed by atoms with Crippen LogP contribution in [0.1, 0.15) is 23.6 Å². The fourth-order valence-electron chi connectivity index (χ4n) is 2.05. The molecule has 2 rings (SSSR count). The molecular weight excluding hydrogens is 420 g/mol. The lowest BCUT2D eigenvalue weighted by Crippen LogP contribution is -2.36. The van der Waals surface area contributed by atoms with Crippen LogP contribution >= 0.6 is 24.0 Å². The van der Waals surface area contributed by atoms with Gasteiger partial charge < -0.3 is 15.7 Å². The first-order valence-corrected chi connectivity index (χ1v) is 7.63. The number of hydrogen-bond acceptors (Lipinski definition) is 2. The molecule has 0 saturated carbocycles. The fraction of sp³-hybridized carbons (Fsp3) is 0.278. The van der Waals surface area contributed by atoms with Gasteiger partial charge in [-0.2, -0.15) is 0 Å². The fourth-order valence-corrected chi connectivity index (χ4v) is 2.05. The summed E-state index contributed by atoms with van der Waals surface area (Å²) in [7, 11) is 0. The second-order valence-electron chi connectivity index (χ2n) is 5.30. The maximum atomic E-state index is 13.6. The first-order valence-electron chi connectivity index (χ1n) is 7.63. The molecule has 0 saturated heterocycles. The predicted molar refractivity (Wildman–Crippen MR) is 106 cm³/mol. The molecule has 0 aromatic heterocycles. The maximum absolute atomic E-state index is 13.6. The van der Waals surface area contributed by atoms with Crippen molar-refractivity contribution in [1.82, 2.24) is 10.6 Å². The van der Waals surface area contributed by atoms with Gasteiger partial charge >= 0.3 is 0 Å². The van der Waals surface area contributed by atoms with Gasteiger partial charge in [-0.05, 0) is 48.7 Å². The SMILES string of the molecule is CCNC(=NCc1ccc(C)c(F)c1)NCc1ccc(O)cc1.I. The van der Waals surface area contributed by atoms with Crippen LogP contribution in [0.15, 0.2) is 47.5 Å². The monoisotopic (exact) mass is 443 g/mol. The number of phenolic OH excluding ortho intramolecular Hbond substituents is 1. The van der Waals surface area contributed by atoms with E-state index in [2.05, 4.69) is 15.6 Å². The Balaban J connectivity index is 0.00000288. The molecule has 0 heterocycles. The molecule has 3 N–H and O–H groups in total. The summed E-state index contributed by atoms with van der Waals surface area (Å²) in [6.45, 7) is 5.47. The van der Waals surface area contributed by atoms with Crippen molar-refractivity contribution in [3.05, 3.63) is 65.0 Å². The number of aromatic hydroxyl groups is 1. The van der Waals surface area contributed by atoms with Crippen molar-refractivity contribution in [2.45, 2.75) is 26.9 Å². The van der Waals surface area contributed by atoms with Gasteiger partial charge in [0.05, 0.1) is 6.54 Å². The molecule has 0 aliphatic carbocycles. The molecule has 130 valence electrons. The molecule has 0 bridgehead atoms. The molecule has 0 amide bonds. The average molecular weight is 443 g/mol. The van der Waals surface area contributed by atoms with E-state index >= 15 is 0 Å². The highest BCUT2D eigenvalue weighted by molar-refractivity contribution is 14.0. The minimum absolute atomic E-state index is 0. The topological polar surface area (TPSA) is 56.7 Å². The van der Waals surface area contributed by atoms with Gasteiger partial charge in [0.1, 0.15) is 11.6 Å². The quantitative estimate of drug-likeness (QED) is 0.375. The Kier molecular flexibility index (Phi) is 8.53. The first-order chi connectivity index (χ1) is 11.1. The van der Waals surface area contributed by atoms with E-state index in [0.29, 0.717) is 24.6 Å². The van der Waals surface area contributed by atoms with E-state index in [4.69, 9.17) is 0 Å². The van der Waals surface area contributed by atoms with Gasteiger partial charge in [0.15, 0.2) is 5.96 Å². The molecule has 6 heteroatoms. The summed E-state index contributed by atoms with van der Waals surface area (Å²) in [4.78, 5) is 4.47. The van der Waals surface area contributed by atoms with Crippen molar-refractivity contribution >= 4 is 29.9 Å². The molecule has 0 radical (unpaired) electrons. The molecule has 0 aliphatic rings. The molecule has 2 aromatic carbocycles. The van der Waals surface area contributed by atoms with Gasteiger partial charge in [-0.25, -0.2) is 9.38 Å². The van der Waals surface area contributed by atoms with E-state index in [1.807, 2.05) is 25.1 Å². The third-order valence-electron chi connectivity index (χ3n) is 3.40. The normalized spacial score (nSPS) is 10.9. The third kappa shape index (κ3) is 6.35. The van der Waals surface area contributed by atoms with E-state index in [9.17, 15) is 9.50 Å². The Labute approximate surface area is 159 Å². The van der Waals surface area contributed by atoms with Crippen LogP contribution in [0.2, 0.25) is 0 Å². The second kappa shape index (κ2) is 10.1. The van der Waals surface area contributed by atoms with Crippen LogP contribution in [0.3, 0.4) is 0 Å². The van der Waals surface area contributed by atoms with E-state index in [0.717, 1.165) is 17.7 Å². The van der Waals surface area contributed by atoms with Gasteiger partial charge in [-0.3, -0.25) is 0 Å². The van der Waals surface area contributed by atoms with Crippen molar-refractivity contribution in [2.24, 2.45) is 4.99 Å². The molecule has 24 heavy (non-hydrogen) atoms. The lowest BCUT2D eigenvalue weighted by Gasteiger charge is -2.11. The van der Waals surface area contributed by atoms with Crippen LogP contribution in [0.25, 0.3) is 0 Å². The zero-order valence-electron chi connectivity index (χ0n) is 13.8. The Morgan fingerprint density at radius 1 is 1.08 bits per heavy atom. The van der Waals surface area contributed by atoms with Crippen LogP contribution < -0.4 is 10.6 Å². The zero-order chi connectivity index (χ0) is 16.7. The van der Waals surface area contributed by atoms with Crippen LogP contribution in [-0.4, -0.2) is 17.6 Å². The minimum atomic E-state index is -0.209. The Hall–Kier alpha value is -1.83. The average Bonchev–Trinajstić information content (AvgIpc) is 2.55. The number of rotatable bonds is 5. The van der Waals surface area contributed by atoms with E-state index < -0.39 is 0 Å². The van der Waals surface area contributed by atoms with Gasteiger partial charge in [-0.1, -0.05) is 24.3 Å². The smallest absolute Gasteiger partial charge is 0.191 e. The van der Waals surface area contributed by atoms with Crippen molar-refractivity contribution < 1.29 is 9.50 Å². The number of hydrogen-bond donors (Lipinski definition) is 3. The molecule has 0 atom stereocenters. The van der Waals surface area contributed by atoms with Crippen molar-refractivity contribution in [3.63, 3.8) is 0 Å². The molecule has 0 fully saturated rings. The minimum Gasteiger partial charge on any atom is -0.508 e. The Bertz CT molecular complexity index is 674. The summed E-state index contributed by atoms with van der Waals surface area (Å²) in [6.07, 6.45) is 0. The van der Waals surface area contributed by atoms with E-state index in [1.165, 1.54) is 6.07 Å². The number of phenols is 1. The highest BCUT2D eigenvalue weighted by Gasteiger charge is 2.01. The van der Waals surface area contributed by atoms with Crippen LogP contribution in [0.4, 0.5) is 4.39 Å². The molecule has 4 nitrogen and oxygen atoms in total. The summed E-state index contributed by atoms with van der Waals surface area (Å²) in [5.74, 6) is 0.706. The summed E-state index contributed by atoms with van der Waals surface area (Å²) in [5, 5.41) is 15.7. The highest BCUT2D eigenvalue weighted by Crippen LogP contribution is 2.10.